The van der Waals surface area contributed by atoms with Crippen LogP contribution in [0.5, 0.6) is 11.6 Å². The Morgan fingerprint density at radius 3 is 2.72 bits per heavy atom. The van der Waals surface area contributed by atoms with Gasteiger partial charge in [-0.15, -0.1) is 0 Å². The molecule has 0 aliphatic heterocycles. The second-order valence-corrected chi connectivity index (χ2v) is 5.13. The Bertz CT molecular complexity index is 578. The Morgan fingerprint density at radius 2 is 2.06 bits per heavy atom. The first-order valence-electron chi connectivity index (χ1n) is 5.24. The van der Waals surface area contributed by atoms with Crippen molar-refractivity contribution in [3.05, 3.63) is 44.7 Å². The van der Waals surface area contributed by atoms with Crippen molar-refractivity contribution >= 4 is 39.1 Å². The van der Waals surface area contributed by atoms with Gasteiger partial charge in [0.05, 0.1) is 10.0 Å². The predicted octanol–water partition coefficient (Wildman–Crippen LogP) is 4.90. The molecule has 3 nitrogen and oxygen atoms in total. The van der Waals surface area contributed by atoms with Gasteiger partial charge < -0.3 is 4.74 Å². The summed E-state index contributed by atoms with van der Waals surface area (Å²) >= 11 is 15.3. The predicted molar refractivity (Wildman–Crippen MR) is 75.6 cm³/mol. The van der Waals surface area contributed by atoms with Crippen LogP contribution in [-0.2, 0) is 6.42 Å². The molecule has 0 saturated carbocycles. The summed E-state index contributed by atoms with van der Waals surface area (Å²) in [6.45, 7) is 1.97. The molecule has 0 fully saturated rings. The van der Waals surface area contributed by atoms with Crippen molar-refractivity contribution in [1.29, 1.82) is 0 Å². The lowest BCUT2D eigenvalue weighted by molar-refractivity contribution is 0.452. The van der Waals surface area contributed by atoms with Crippen LogP contribution in [0.25, 0.3) is 0 Å². The highest BCUT2D eigenvalue weighted by molar-refractivity contribution is 9.10. The van der Waals surface area contributed by atoms with Gasteiger partial charge in [-0.3, -0.25) is 0 Å². The number of benzene rings is 1. The summed E-state index contributed by atoms with van der Waals surface area (Å²) in [6, 6.07) is 5.27. The monoisotopic (exact) mass is 346 g/mol. The maximum Gasteiger partial charge on any atom is 0.227 e. The topological polar surface area (TPSA) is 35.0 Å². The average Bonchev–Trinajstić information content (AvgIpc) is 2.33. The molecule has 0 bridgehead atoms. The Hall–Kier alpha value is -0.840. The molecule has 6 heteroatoms. The summed E-state index contributed by atoms with van der Waals surface area (Å²) in [6.07, 6.45) is 2.07. The van der Waals surface area contributed by atoms with Gasteiger partial charge in [0, 0.05) is 5.02 Å². The van der Waals surface area contributed by atoms with E-state index in [0.29, 0.717) is 28.2 Å². The summed E-state index contributed by atoms with van der Waals surface area (Å²) in [5, 5.41) is 1.04. The lowest BCUT2D eigenvalue weighted by Crippen LogP contribution is -1.97. The van der Waals surface area contributed by atoms with Crippen LogP contribution in [0.15, 0.2) is 29.0 Å². The van der Waals surface area contributed by atoms with E-state index in [2.05, 4.69) is 25.9 Å². The number of hydrogen-bond donors (Lipinski definition) is 0. The number of halogens is 3. The number of hydrogen-bond acceptors (Lipinski definition) is 3. The van der Waals surface area contributed by atoms with Crippen LogP contribution in [0, 0.1) is 0 Å². The van der Waals surface area contributed by atoms with Crippen LogP contribution < -0.4 is 4.74 Å². The molecule has 0 radical (unpaired) electrons. The average molecular weight is 348 g/mol. The van der Waals surface area contributed by atoms with Gasteiger partial charge in [0.25, 0.3) is 0 Å². The zero-order valence-corrected chi connectivity index (χ0v) is 12.6. The molecule has 0 aliphatic carbocycles. The minimum Gasteiger partial charge on any atom is -0.437 e. The summed E-state index contributed by atoms with van der Waals surface area (Å²) in [5.74, 6) is 1.09. The van der Waals surface area contributed by atoms with Crippen LogP contribution in [0.1, 0.15) is 12.5 Å². The van der Waals surface area contributed by atoms with E-state index in [1.165, 1.54) is 6.33 Å². The smallest absolute Gasteiger partial charge is 0.227 e. The molecule has 0 spiro atoms. The van der Waals surface area contributed by atoms with Crippen molar-refractivity contribution in [3.63, 3.8) is 0 Å². The first kappa shape index (κ1) is 13.6. The first-order chi connectivity index (χ1) is 8.61. The minimum absolute atomic E-state index is 0.410. The fraction of sp³-hybridized carbons (Fsp3) is 0.167. The highest BCUT2D eigenvalue weighted by Crippen LogP contribution is 2.33. The third-order valence-corrected chi connectivity index (χ3v) is 3.49. The summed E-state index contributed by atoms with van der Waals surface area (Å²) in [5.41, 5.74) is 0.779. The molecule has 2 aromatic rings. The van der Waals surface area contributed by atoms with Crippen LogP contribution >= 0.6 is 39.1 Å². The zero-order valence-electron chi connectivity index (χ0n) is 9.45. The molecule has 1 aromatic carbocycles. The Morgan fingerprint density at radius 1 is 1.28 bits per heavy atom. The lowest BCUT2D eigenvalue weighted by atomic mass is 10.2. The van der Waals surface area contributed by atoms with Gasteiger partial charge in [0.2, 0.25) is 5.88 Å². The normalized spacial score (nSPS) is 10.4. The third kappa shape index (κ3) is 2.94. The lowest BCUT2D eigenvalue weighted by Gasteiger charge is -2.10. The van der Waals surface area contributed by atoms with E-state index in [0.717, 1.165) is 10.0 Å². The van der Waals surface area contributed by atoms with Crippen molar-refractivity contribution in [3.8, 4) is 11.6 Å². The maximum atomic E-state index is 6.00. The molecule has 1 aromatic heterocycles. The third-order valence-electron chi connectivity index (χ3n) is 2.31. The Kier molecular flexibility index (Phi) is 4.43. The van der Waals surface area contributed by atoms with E-state index in [1.54, 1.807) is 18.2 Å². The molecule has 0 atom stereocenters. The van der Waals surface area contributed by atoms with E-state index in [1.807, 2.05) is 6.92 Å². The molecule has 2 rings (SSSR count). The van der Waals surface area contributed by atoms with Gasteiger partial charge in [0.15, 0.2) is 0 Å². The van der Waals surface area contributed by atoms with Crippen LogP contribution in [0.2, 0.25) is 10.2 Å². The molecule has 0 amide bonds. The molecule has 94 valence electrons. The number of nitrogens with zero attached hydrogens (tertiary/aromatic N) is 2. The van der Waals surface area contributed by atoms with E-state index in [-0.39, 0.29) is 0 Å². The second-order valence-electron chi connectivity index (χ2n) is 3.48. The number of rotatable bonds is 3. The molecular formula is C12H9BrCl2N2O. The van der Waals surface area contributed by atoms with Gasteiger partial charge in [0.1, 0.15) is 17.2 Å². The maximum absolute atomic E-state index is 6.00. The minimum atomic E-state index is 0.410. The summed E-state index contributed by atoms with van der Waals surface area (Å²) in [4.78, 5) is 8.03. The van der Waals surface area contributed by atoms with Crippen molar-refractivity contribution in [2.24, 2.45) is 0 Å². The van der Waals surface area contributed by atoms with Gasteiger partial charge in [-0.25, -0.2) is 9.97 Å². The molecule has 0 aliphatic rings. The van der Waals surface area contributed by atoms with Crippen LogP contribution in [0.4, 0.5) is 0 Å². The van der Waals surface area contributed by atoms with Crippen LogP contribution in [-0.4, -0.2) is 9.97 Å². The standard InChI is InChI=1S/C12H9BrCl2N2O/c1-2-8-11(15)16-6-17-12(8)18-10-4-3-7(14)5-9(10)13/h3-6H,2H2,1H3. The SMILES string of the molecule is CCc1c(Cl)ncnc1Oc1ccc(Cl)cc1Br. The highest BCUT2D eigenvalue weighted by atomic mass is 79.9. The van der Waals surface area contributed by atoms with Crippen molar-refractivity contribution in [1.82, 2.24) is 9.97 Å². The van der Waals surface area contributed by atoms with E-state index >= 15 is 0 Å². The second kappa shape index (κ2) is 5.87. The summed E-state index contributed by atoms with van der Waals surface area (Å²) in [7, 11) is 0. The molecule has 18 heavy (non-hydrogen) atoms. The van der Waals surface area contributed by atoms with Gasteiger partial charge >= 0.3 is 0 Å². The van der Waals surface area contributed by atoms with Gasteiger partial charge in [-0.05, 0) is 40.5 Å². The Labute approximate surface area is 123 Å². The van der Waals surface area contributed by atoms with Crippen molar-refractivity contribution < 1.29 is 4.74 Å². The summed E-state index contributed by atoms with van der Waals surface area (Å²) < 4.78 is 6.48. The zero-order chi connectivity index (χ0) is 13.1. The van der Waals surface area contributed by atoms with Crippen LogP contribution in [0.3, 0.4) is 0 Å². The first-order valence-corrected chi connectivity index (χ1v) is 6.79. The fourth-order valence-electron chi connectivity index (χ4n) is 1.42. The number of ether oxygens (including phenoxy) is 1. The molecule has 0 unspecified atom stereocenters. The quantitative estimate of drug-likeness (QED) is 0.740. The fourth-order valence-corrected chi connectivity index (χ4v) is 2.44. The van der Waals surface area contributed by atoms with E-state index in [4.69, 9.17) is 27.9 Å². The molecule has 0 saturated heterocycles. The molecular weight excluding hydrogens is 339 g/mol. The molecule has 1 heterocycles. The van der Waals surface area contributed by atoms with Crippen molar-refractivity contribution in [2.45, 2.75) is 13.3 Å². The largest absolute Gasteiger partial charge is 0.437 e. The van der Waals surface area contributed by atoms with Gasteiger partial charge in [-0.2, -0.15) is 0 Å². The van der Waals surface area contributed by atoms with E-state index < -0.39 is 0 Å². The molecule has 0 N–H and O–H groups in total. The number of aromatic nitrogens is 2. The Balaban J connectivity index is 2.37. The highest BCUT2D eigenvalue weighted by Gasteiger charge is 2.11. The van der Waals surface area contributed by atoms with E-state index in [9.17, 15) is 0 Å². The van der Waals surface area contributed by atoms with Gasteiger partial charge in [-0.1, -0.05) is 30.1 Å². The van der Waals surface area contributed by atoms with Crippen molar-refractivity contribution in [2.75, 3.05) is 0 Å².